The molecule has 1 N–H and O–H groups in total. The van der Waals surface area contributed by atoms with Crippen molar-refractivity contribution in [1.29, 1.82) is 0 Å². The van der Waals surface area contributed by atoms with E-state index in [4.69, 9.17) is 4.98 Å². The van der Waals surface area contributed by atoms with Crippen LogP contribution in [0.1, 0.15) is 44.0 Å². The zero-order valence-electron chi connectivity index (χ0n) is 12.7. The first-order valence-corrected chi connectivity index (χ1v) is 8.15. The fourth-order valence-corrected chi connectivity index (χ4v) is 4.03. The van der Waals surface area contributed by atoms with Crippen LogP contribution in [0.15, 0.2) is 30.3 Å². The molecule has 2 aliphatic rings. The van der Waals surface area contributed by atoms with Gasteiger partial charge in [0.25, 0.3) is 0 Å². The molecule has 0 bridgehead atoms. The van der Waals surface area contributed by atoms with E-state index in [1.54, 1.807) is 0 Å². The highest BCUT2D eigenvalue weighted by molar-refractivity contribution is 5.57. The van der Waals surface area contributed by atoms with Gasteiger partial charge in [-0.05, 0) is 19.8 Å². The van der Waals surface area contributed by atoms with Crippen molar-refractivity contribution >= 4 is 0 Å². The summed E-state index contributed by atoms with van der Waals surface area (Å²) in [5, 5.41) is 3.46. The molecule has 3 nitrogen and oxygen atoms in total. The first-order chi connectivity index (χ1) is 10.3. The van der Waals surface area contributed by atoms with Gasteiger partial charge in [-0.15, -0.1) is 0 Å². The van der Waals surface area contributed by atoms with Crippen molar-refractivity contribution in [3.8, 4) is 11.4 Å². The van der Waals surface area contributed by atoms with Crippen molar-refractivity contribution in [3.05, 3.63) is 41.7 Å². The second-order valence-electron chi connectivity index (χ2n) is 6.66. The largest absolute Gasteiger partial charge is 0.322 e. The number of nitrogens with one attached hydrogen (secondary N) is 1. The van der Waals surface area contributed by atoms with Gasteiger partial charge in [0.2, 0.25) is 0 Å². The number of hydrogen-bond acceptors (Lipinski definition) is 2. The van der Waals surface area contributed by atoms with Gasteiger partial charge in [0.1, 0.15) is 5.82 Å². The maximum atomic E-state index is 5.01. The summed E-state index contributed by atoms with van der Waals surface area (Å²) in [6, 6.07) is 10.7. The van der Waals surface area contributed by atoms with Gasteiger partial charge in [-0.25, -0.2) is 4.98 Å². The van der Waals surface area contributed by atoms with Crippen LogP contribution in [-0.2, 0) is 18.5 Å². The van der Waals surface area contributed by atoms with Crippen molar-refractivity contribution in [2.45, 2.75) is 51.1 Å². The van der Waals surface area contributed by atoms with Crippen LogP contribution in [0, 0.1) is 0 Å². The molecule has 110 valence electrons. The first kappa shape index (κ1) is 13.1. The number of aromatic nitrogens is 2. The highest BCUT2D eigenvalue weighted by atomic mass is 15.2. The highest BCUT2D eigenvalue weighted by Gasteiger charge is 2.36. The van der Waals surface area contributed by atoms with Gasteiger partial charge in [0, 0.05) is 36.3 Å². The van der Waals surface area contributed by atoms with E-state index < -0.39 is 0 Å². The molecule has 0 spiro atoms. The number of nitrogens with zero attached hydrogens (tertiary/aromatic N) is 2. The average molecular weight is 281 g/mol. The molecule has 1 fully saturated rings. The van der Waals surface area contributed by atoms with Gasteiger partial charge in [-0.1, -0.05) is 43.2 Å². The molecule has 0 unspecified atom stereocenters. The standard InChI is InChI=1S/C18H23N3/c1-18(10-5-6-11-18)21-16-9-12-19-13-15(16)20-17(21)14-7-3-2-4-8-14/h2-4,7-8,19H,5-6,9-13H2,1H3. The average Bonchev–Trinajstić information content (AvgIpc) is 3.12. The molecule has 1 aliphatic carbocycles. The zero-order chi connectivity index (χ0) is 14.3. The van der Waals surface area contributed by atoms with Crippen molar-refractivity contribution in [1.82, 2.24) is 14.9 Å². The number of imidazole rings is 1. The molecule has 3 heteroatoms. The van der Waals surface area contributed by atoms with Crippen LogP contribution in [0.3, 0.4) is 0 Å². The lowest BCUT2D eigenvalue weighted by Gasteiger charge is -2.31. The Morgan fingerprint density at radius 1 is 1.14 bits per heavy atom. The Morgan fingerprint density at radius 3 is 2.67 bits per heavy atom. The third-order valence-corrected chi connectivity index (χ3v) is 5.14. The first-order valence-electron chi connectivity index (χ1n) is 8.15. The lowest BCUT2D eigenvalue weighted by Crippen LogP contribution is -2.32. The normalized spacial score (nSPS) is 20.4. The van der Waals surface area contributed by atoms with Crippen LogP contribution in [0.2, 0.25) is 0 Å². The molecule has 1 aliphatic heterocycles. The molecule has 0 saturated heterocycles. The Kier molecular flexibility index (Phi) is 3.11. The second kappa shape index (κ2) is 4.99. The minimum Gasteiger partial charge on any atom is -0.322 e. The summed E-state index contributed by atoms with van der Waals surface area (Å²) < 4.78 is 2.59. The van der Waals surface area contributed by atoms with Crippen LogP contribution in [0.5, 0.6) is 0 Å². The summed E-state index contributed by atoms with van der Waals surface area (Å²) in [7, 11) is 0. The molecule has 1 saturated carbocycles. The van der Waals surface area contributed by atoms with E-state index in [9.17, 15) is 0 Å². The number of fused-ring (bicyclic) bond motifs is 1. The molecule has 1 aromatic carbocycles. The molecule has 2 heterocycles. The summed E-state index contributed by atoms with van der Waals surface area (Å²) in [4.78, 5) is 5.01. The lowest BCUT2D eigenvalue weighted by atomic mass is 9.98. The van der Waals surface area contributed by atoms with Crippen molar-refractivity contribution in [2.24, 2.45) is 0 Å². The molecule has 4 rings (SSSR count). The van der Waals surface area contributed by atoms with E-state index in [0.717, 1.165) is 19.5 Å². The van der Waals surface area contributed by atoms with Gasteiger partial charge in [-0.2, -0.15) is 0 Å². The number of hydrogen-bond donors (Lipinski definition) is 1. The molecule has 21 heavy (non-hydrogen) atoms. The van der Waals surface area contributed by atoms with Gasteiger partial charge in [0.15, 0.2) is 0 Å². The summed E-state index contributed by atoms with van der Waals surface area (Å²) >= 11 is 0. The van der Waals surface area contributed by atoms with E-state index in [1.807, 2.05) is 0 Å². The van der Waals surface area contributed by atoms with Crippen LogP contribution in [-0.4, -0.2) is 16.1 Å². The van der Waals surface area contributed by atoms with Gasteiger partial charge in [0.05, 0.1) is 5.69 Å². The van der Waals surface area contributed by atoms with Gasteiger partial charge < -0.3 is 9.88 Å². The third-order valence-electron chi connectivity index (χ3n) is 5.14. The minimum atomic E-state index is 0.253. The maximum Gasteiger partial charge on any atom is 0.141 e. The molecule has 0 amide bonds. The molecule has 2 aromatic rings. The monoisotopic (exact) mass is 281 g/mol. The zero-order valence-corrected chi connectivity index (χ0v) is 12.7. The molecule has 1 aromatic heterocycles. The lowest BCUT2D eigenvalue weighted by molar-refractivity contribution is 0.320. The smallest absolute Gasteiger partial charge is 0.141 e. The fraction of sp³-hybridized carbons (Fsp3) is 0.500. The summed E-state index contributed by atoms with van der Waals surface area (Å²) in [6.07, 6.45) is 6.35. The number of benzene rings is 1. The summed E-state index contributed by atoms with van der Waals surface area (Å²) in [6.45, 7) is 4.41. The Balaban J connectivity index is 1.92. The maximum absolute atomic E-state index is 5.01. The third kappa shape index (κ3) is 2.11. The van der Waals surface area contributed by atoms with Crippen LogP contribution in [0.25, 0.3) is 11.4 Å². The molecular weight excluding hydrogens is 258 g/mol. The fourth-order valence-electron chi connectivity index (χ4n) is 4.03. The topological polar surface area (TPSA) is 29.9 Å². The molecular formula is C18H23N3. The van der Waals surface area contributed by atoms with Crippen LogP contribution >= 0.6 is 0 Å². The summed E-state index contributed by atoms with van der Waals surface area (Å²) in [5.74, 6) is 1.17. The van der Waals surface area contributed by atoms with Crippen LogP contribution < -0.4 is 5.32 Å². The summed E-state index contributed by atoms with van der Waals surface area (Å²) in [5.41, 5.74) is 4.23. The van der Waals surface area contributed by atoms with Crippen molar-refractivity contribution in [2.75, 3.05) is 6.54 Å². The Labute approximate surface area is 126 Å². The van der Waals surface area contributed by atoms with E-state index in [0.29, 0.717) is 0 Å². The number of rotatable bonds is 2. The van der Waals surface area contributed by atoms with Gasteiger partial charge in [-0.3, -0.25) is 0 Å². The Morgan fingerprint density at radius 2 is 1.90 bits per heavy atom. The Bertz CT molecular complexity index is 636. The molecule has 0 radical (unpaired) electrons. The van der Waals surface area contributed by atoms with Gasteiger partial charge >= 0.3 is 0 Å². The molecule has 0 atom stereocenters. The predicted molar refractivity (Wildman–Crippen MR) is 85.2 cm³/mol. The van der Waals surface area contributed by atoms with E-state index >= 15 is 0 Å². The van der Waals surface area contributed by atoms with E-state index in [-0.39, 0.29) is 5.54 Å². The van der Waals surface area contributed by atoms with Crippen LogP contribution in [0.4, 0.5) is 0 Å². The van der Waals surface area contributed by atoms with Crippen molar-refractivity contribution < 1.29 is 0 Å². The Hall–Kier alpha value is -1.61. The predicted octanol–water partition coefficient (Wildman–Crippen LogP) is 3.49. The SMILES string of the molecule is CC1(n2c(-c3ccccc3)nc3c2CCNC3)CCCC1. The van der Waals surface area contributed by atoms with E-state index in [2.05, 4.69) is 47.1 Å². The second-order valence-corrected chi connectivity index (χ2v) is 6.66. The van der Waals surface area contributed by atoms with E-state index in [1.165, 1.54) is 48.5 Å². The quantitative estimate of drug-likeness (QED) is 0.913. The van der Waals surface area contributed by atoms with Crippen molar-refractivity contribution in [3.63, 3.8) is 0 Å². The highest BCUT2D eigenvalue weighted by Crippen LogP contribution is 2.41. The minimum absolute atomic E-state index is 0.253.